The lowest BCUT2D eigenvalue weighted by Gasteiger charge is -2.23. The molecule has 0 saturated carbocycles. The molecule has 0 spiro atoms. The van der Waals surface area contributed by atoms with Crippen molar-refractivity contribution in [2.75, 3.05) is 94.5 Å². The van der Waals surface area contributed by atoms with Crippen molar-refractivity contribution in [1.29, 1.82) is 0 Å². The van der Waals surface area contributed by atoms with Crippen LogP contribution >= 0.6 is 0 Å². The topological polar surface area (TPSA) is 102 Å². The number of methoxy groups -OCH3 is 4. The number of benzene rings is 3. The van der Waals surface area contributed by atoms with E-state index >= 15 is 0 Å². The maximum atomic E-state index is 5.77. The average molecular weight is 757 g/mol. The molecule has 11 heteroatoms. The summed E-state index contributed by atoms with van der Waals surface area (Å²) < 4.78 is 59.9. The van der Waals surface area contributed by atoms with Gasteiger partial charge in [0.25, 0.3) is 0 Å². The van der Waals surface area contributed by atoms with Crippen LogP contribution < -0.4 is 28.4 Å². The summed E-state index contributed by atoms with van der Waals surface area (Å²) in [6.45, 7) is 18.8. The molecule has 2 aliphatic heterocycles. The highest BCUT2D eigenvalue weighted by Crippen LogP contribution is 2.33. The smallest absolute Gasteiger partial charge is 0.161 e. The Balaban J connectivity index is 0.000000219. The van der Waals surface area contributed by atoms with E-state index in [1.54, 1.807) is 28.4 Å². The minimum absolute atomic E-state index is 0.00299. The van der Waals surface area contributed by atoms with Crippen molar-refractivity contribution in [3.8, 4) is 34.5 Å². The lowest BCUT2D eigenvalue weighted by molar-refractivity contribution is -0.101. The zero-order chi connectivity index (χ0) is 39.3. The van der Waals surface area contributed by atoms with Crippen LogP contribution in [0.5, 0.6) is 34.5 Å². The molecule has 0 amide bonds. The highest BCUT2D eigenvalue weighted by atomic mass is 16.6. The van der Waals surface area contributed by atoms with Crippen LogP contribution in [0.4, 0.5) is 0 Å². The Labute approximate surface area is 323 Å². The van der Waals surface area contributed by atoms with E-state index in [1.165, 1.54) is 16.7 Å². The zero-order valence-corrected chi connectivity index (χ0v) is 34.1. The summed E-state index contributed by atoms with van der Waals surface area (Å²) in [5.41, 5.74) is 3.72. The van der Waals surface area contributed by atoms with Gasteiger partial charge in [0.1, 0.15) is 32.0 Å². The van der Waals surface area contributed by atoms with Crippen LogP contribution in [0, 0.1) is 0 Å². The first kappa shape index (κ1) is 44.7. The molecule has 2 heterocycles. The van der Waals surface area contributed by atoms with Crippen molar-refractivity contribution >= 4 is 0 Å². The normalized spacial score (nSPS) is 16.8. The Morgan fingerprint density at radius 1 is 0.481 bits per heavy atom. The van der Waals surface area contributed by atoms with Crippen molar-refractivity contribution in [2.45, 2.75) is 71.5 Å². The zero-order valence-electron chi connectivity index (χ0n) is 34.1. The van der Waals surface area contributed by atoms with Crippen LogP contribution in [0.3, 0.4) is 0 Å². The largest absolute Gasteiger partial charge is 0.493 e. The SMILES string of the molecule is COCCOc1ccc(C(C)C)cc1OC.COc1cc(C(C)C)ccc1OC[C@@H]1COCCO1.COc1cc(C(C)C)ccc1OC[C@H]1COCCO1. The third-order valence-electron chi connectivity index (χ3n) is 8.73. The van der Waals surface area contributed by atoms with Crippen molar-refractivity contribution < 1.29 is 52.1 Å². The summed E-state index contributed by atoms with van der Waals surface area (Å²) >= 11 is 0. The van der Waals surface area contributed by atoms with Gasteiger partial charge in [-0.1, -0.05) is 59.7 Å². The van der Waals surface area contributed by atoms with Crippen LogP contribution in [0.15, 0.2) is 54.6 Å². The van der Waals surface area contributed by atoms with Crippen LogP contribution in [0.1, 0.15) is 76.0 Å². The van der Waals surface area contributed by atoms with E-state index in [0.717, 1.165) is 34.5 Å². The summed E-state index contributed by atoms with van der Waals surface area (Å²) in [5, 5.41) is 0. The van der Waals surface area contributed by atoms with E-state index in [-0.39, 0.29) is 12.2 Å². The van der Waals surface area contributed by atoms with Gasteiger partial charge in [0.2, 0.25) is 0 Å². The molecule has 2 saturated heterocycles. The van der Waals surface area contributed by atoms with E-state index in [1.807, 2.05) is 36.4 Å². The minimum atomic E-state index is 0.00299. The molecule has 0 N–H and O–H groups in total. The lowest BCUT2D eigenvalue weighted by Crippen LogP contribution is -2.33. The molecule has 0 radical (unpaired) electrons. The third-order valence-corrected chi connectivity index (χ3v) is 8.73. The molecule has 2 aliphatic rings. The van der Waals surface area contributed by atoms with E-state index < -0.39 is 0 Å². The number of rotatable bonds is 16. The number of hydrogen-bond donors (Lipinski definition) is 0. The standard InChI is InChI=1S/2C15H22O4.C13H20O3/c2*1-11(2)12-4-5-14(15(8-12)16-3)19-10-13-9-17-6-7-18-13;1-10(2)11-5-6-12(13(9-11)15-4)16-8-7-14-3/h2*4-5,8,11,13H,6-7,9-10H2,1-3H3;5-6,9-10H,7-8H2,1-4H3/t2*13-;/m10./s1. The predicted octanol–water partition coefficient (Wildman–Crippen LogP) is 8.07. The number of hydrogen-bond acceptors (Lipinski definition) is 11. The van der Waals surface area contributed by atoms with Crippen molar-refractivity contribution in [3.63, 3.8) is 0 Å². The van der Waals surface area contributed by atoms with Gasteiger partial charge in [0.15, 0.2) is 34.5 Å². The Hall–Kier alpha value is -3.74. The molecule has 2 atom stereocenters. The number of ether oxygens (including phenoxy) is 11. The Bertz CT molecular complexity index is 1390. The fraction of sp³-hybridized carbons (Fsp3) is 0.581. The third kappa shape index (κ3) is 15.2. The minimum Gasteiger partial charge on any atom is -0.493 e. The molecule has 3 aromatic carbocycles. The molecule has 2 fully saturated rings. The second kappa shape index (κ2) is 24.6. The van der Waals surface area contributed by atoms with E-state index in [2.05, 4.69) is 59.7 Å². The van der Waals surface area contributed by atoms with Gasteiger partial charge in [-0.15, -0.1) is 0 Å². The van der Waals surface area contributed by atoms with Gasteiger partial charge in [-0.3, -0.25) is 0 Å². The highest BCUT2D eigenvalue weighted by Gasteiger charge is 2.18. The molecule has 5 rings (SSSR count). The van der Waals surface area contributed by atoms with Crippen molar-refractivity contribution in [2.24, 2.45) is 0 Å². The van der Waals surface area contributed by atoms with Crippen LogP contribution in [0.25, 0.3) is 0 Å². The molecule has 0 unspecified atom stereocenters. The first-order valence-corrected chi connectivity index (χ1v) is 18.9. The highest BCUT2D eigenvalue weighted by molar-refractivity contribution is 5.45. The Kier molecular flexibility index (Phi) is 20.4. The summed E-state index contributed by atoms with van der Waals surface area (Å²) in [5.74, 6) is 6.01. The van der Waals surface area contributed by atoms with Gasteiger partial charge in [0.05, 0.1) is 67.6 Å². The van der Waals surface area contributed by atoms with Crippen LogP contribution in [0.2, 0.25) is 0 Å². The molecule has 54 heavy (non-hydrogen) atoms. The van der Waals surface area contributed by atoms with Gasteiger partial charge in [-0.05, 0) is 70.8 Å². The van der Waals surface area contributed by atoms with Gasteiger partial charge >= 0.3 is 0 Å². The second-order valence-corrected chi connectivity index (χ2v) is 13.8. The molecular formula is C43H64O11. The summed E-state index contributed by atoms with van der Waals surface area (Å²) in [4.78, 5) is 0. The molecular weight excluding hydrogens is 692 g/mol. The molecule has 3 aromatic rings. The van der Waals surface area contributed by atoms with Gasteiger partial charge in [0, 0.05) is 7.11 Å². The summed E-state index contributed by atoms with van der Waals surface area (Å²) in [6.07, 6.45) is 0.00598. The van der Waals surface area contributed by atoms with Gasteiger partial charge in [-0.25, -0.2) is 0 Å². The quantitative estimate of drug-likeness (QED) is 0.133. The first-order valence-electron chi connectivity index (χ1n) is 18.9. The molecule has 302 valence electrons. The fourth-order valence-electron chi connectivity index (χ4n) is 5.35. The summed E-state index contributed by atoms with van der Waals surface area (Å²) in [6, 6.07) is 18.1. The monoisotopic (exact) mass is 756 g/mol. The molecule has 11 nitrogen and oxygen atoms in total. The molecule has 0 aromatic heterocycles. The van der Waals surface area contributed by atoms with Crippen LogP contribution in [-0.2, 0) is 23.7 Å². The fourth-order valence-corrected chi connectivity index (χ4v) is 5.35. The molecule has 0 bridgehead atoms. The van der Waals surface area contributed by atoms with Crippen molar-refractivity contribution in [3.05, 3.63) is 71.3 Å². The maximum absolute atomic E-state index is 5.77. The average Bonchev–Trinajstić information content (AvgIpc) is 3.20. The predicted molar refractivity (Wildman–Crippen MR) is 211 cm³/mol. The van der Waals surface area contributed by atoms with E-state index in [0.29, 0.717) is 83.8 Å². The Morgan fingerprint density at radius 3 is 1.15 bits per heavy atom. The van der Waals surface area contributed by atoms with Gasteiger partial charge < -0.3 is 52.1 Å². The second-order valence-electron chi connectivity index (χ2n) is 13.8. The van der Waals surface area contributed by atoms with Crippen LogP contribution in [-0.4, -0.2) is 107 Å². The Morgan fingerprint density at radius 2 is 0.852 bits per heavy atom. The van der Waals surface area contributed by atoms with E-state index in [9.17, 15) is 0 Å². The molecule has 0 aliphatic carbocycles. The van der Waals surface area contributed by atoms with Gasteiger partial charge in [-0.2, -0.15) is 0 Å². The summed E-state index contributed by atoms with van der Waals surface area (Å²) in [7, 11) is 6.63. The maximum Gasteiger partial charge on any atom is 0.161 e. The first-order chi connectivity index (χ1) is 26.1. The van der Waals surface area contributed by atoms with E-state index in [4.69, 9.17) is 52.1 Å². The lowest BCUT2D eigenvalue weighted by atomic mass is 10.0. The van der Waals surface area contributed by atoms with Crippen molar-refractivity contribution in [1.82, 2.24) is 0 Å².